The molecule has 5 heteroatoms. The molecule has 3 rings (SSSR count). The lowest BCUT2D eigenvalue weighted by atomic mass is 10.1. The fraction of sp³-hybridized carbons (Fsp3) is 0.300. The lowest BCUT2D eigenvalue weighted by Crippen LogP contribution is -2.48. The number of aryl methyl sites for hydroxylation is 1. The van der Waals surface area contributed by atoms with E-state index in [1.807, 2.05) is 0 Å². The van der Waals surface area contributed by atoms with Gasteiger partial charge >= 0.3 is 0 Å². The summed E-state index contributed by atoms with van der Waals surface area (Å²) in [5, 5.41) is 11.8. The molecule has 5 nitrogen and oxygen atoms in total. The molecule has 0 atom stereocenters. The van der Waals surface area contributed by atoms with Crippen LogP contribution in [-0.4, -0.2) is 43.5 Å². The molecule has 0 aromatic heterocycles. The summed E-state index contributed by atoms with van der Waals surface area (Å²) in [6.45, 7) is 6.06. The molecule has 0 radical (unpaired) electrons. The van der Waals surface area contributed by atoms with Crippen LogP contribution in [0.25, 0.3) is 0 Å². The number of rotatable bonds is 4. The molecule has 1 aliphatic rings. The van der Waals surface area contributed by atoms with E-state index in [2.05, 4.69) is 52.4 Å². The van der Waals surface area contributed by atoms with Gasteiger partial charge in [0.1, 0.15) is 0 Å². The Morgan fingerprint density at radius 1 is 1.12 bits per heavy atom. The number of anilines is 2. The summed E-state index contributed by atoms with van der Waals surface area (Å²) in [7, 11) is 0. The van der Waals surface area contributed by atoms with Crippen LogP contribution < -0.4 is 10.2 Å². The van der Waals surface area contributed by atoms with Crippen molar-refractivity contribution in [3.05, 3.63) is 59.7 Å². The molecule has 0 aliphatic carbocycles. The van der Waals surface area contributed by atoms with Crippen LogP contribution in [0.3, 0.4) is 0 Å². The molecule has 0 spiro atoms. The van der Waals surface area contributed by atoms with Crippen LogP contribution >= 0.6 is 0 Å². The number of piperazine rings is 1. The smallest absolute Gasteiger partial charge is 0.238 e. The topological polar surface area (TPSA) is 59.4 Å². The Balaban J connectivity index is 1.51. The number of nitrogens with zero attached hydrogens (tertiary/aromatic N) is 3. The van der Waals surface area contributed by atoms with Crippen molar-refractivity contribution in [1.29, 1.82) is 5.26 Å². The van der Waals surface area contributed by atoms with Gasteiger partial charge < -0.3 is 10.2 Å². The number of hydrogen-bond donors (Lipinski definition) is 1. The normalized spacial score (nSPS) is 14.8. The average Bonchev–Trinajstić information content (AvgIpc) is 2.63. The van der Waals surface area contributed by atoms with Crippen molar-refractivity contribution < 1.29 is 4.79 Å². The van der Waals surface area contributed by atoms with Gasteiger partial charge in [-0.15, -0.1) is 0 Å². The Morgan fingerprint density at radius 3 is 2.60 bits per heavy atom. The predicted octanol–water partition coefficient (Wildman–Crippen LogP) is 2.63. The first-order chi connectivity index (χ1) is 12.2. The summed E-state index contributed by atoms with van der Waals surface area (Å²) in [6.07, 6.45) is 0. The number of nitrogens with one attached hydrogen (secondary N) is 1. The van der Waals surface area contributed by atoms with Crippen molar-refractivity contribution in [2.45, 2.75) is 6.92 Å². The molecule has 0 unspecified atom stereocenters. The van der Waals surface area contributed by atoms with Gasteiger partial charge in [0.05, 0.1) is 18.2 Å². The third kappa shape index (κ3) is 4.37. The Labute approximate surface area is 148 Å². The first kappa shape index (κ1) is 17.0. The Kier molecular flexibility index (Phi) is 5.32. The highest BCUT2D eigenvalue weighted by molar-refractivity contribution is 5.92. The highest BCUT2D eigenvalue weighted by atomic mass is 16.2. The van der Waals surface area contributed by atoms with Gasteiger partial charge in [0, 0.05) is 37.6 Å². The Morgan fingerprint density at radius 2 is 1.88 bits per heavy atom. The summed E-state index contributed by atoms with van der Waals surface area (Å²) in [5.74, 6) is -0.0422. The van der Waals surface area contributed by atoms with Crippen molar-refractivity contribution in [2.24, 2.45) is 0 Å². The Hall–Kier alpha value is -2.84. The van der Waals surface area contributed by atoms with E-state index in [9.17, 15) is 4.79 Å². The first-order valence-electron chi connectivity index (χ1n) is 8.48. The fourth-order valence-corrected chi connectivity index (χ4v) is 3.14. The molecule has 0 bridgehead atoms. The number of carbonyl (C=O) groups excluding carboxylic acids is 1. The molecular formula is C20H22N4O. The van der Waals surface area contributed by atoms with Crippen molar-refractivity contribution in [3.8, 4) is 6.07 Å². The molecule has 1 N–H and O–H groups in total. The maximum absolute atomic E-state index is 12.2. The van der Waals surface area contributed by atoms with E-state index in [1.165, 1.54) is 11.3 Å². The number of hydrogen-bond acceptors (Lipinski definition) is 4. The third-order valence-corrected chi connectivity index (χ3v) is 4.47. The van der Waals surface area contributed by atoms with E-state index in [4.69, 9.17) is 5.26 Å². The van der Waals surface area contributed by atoms with E-state index in [1.54, 1.807) is 24.3 Å². The molecule has 1 amide bonds. The lowest BCUT2D eigenvalue weighted by molar-refractivity contribution is -0.117. The molecule has 1 saturated heterocycles. The van der Waals surface area contributed by atoms with Gasteiger partial charge in [-0.05, 0) is 36.8 Å². The average molecular weight is 334 g/mol. The zero-order valence-electron chi connectivity index (χ0n) is 14.4. The van der Waals surface area contributed by atoms with Crippen molar-refractivity contribution in [3.63, 3.8) is 0 Å². The molecular weight excluding hydrogens is 312 g/mol. The van der Waals surface area contributed by atoms with Crippen LogP contribution in [0, 0.1) is 18.3 Å². The second kappa shape index (κ2) is 7.82. The molecule has 1 fully saturated rings. The van der Waals surface area contributed by atoms with Gasteiger partial charge in [-0.2, -0.15) is 5.26 Å². The van der Waals surface area contributed by atoms with Gasteiger partial charge in [0.2, 0.25) is 5.91 Å². The highest BCUT2D eigenvalue weighted by Gasteiger charge is 2.20. The minimum Gasteiger partial charge on any atom is -0.369 e. The second-order valence-corrected chi connectivity index (χ2v) is 6.29. The predicted molar refractivity (Wildman–Crippen MR) is 99.6 cm³/mol. The number of amides is 1. The van der Waals surface area contributed by atoms with E-state index < -0.39 is 0 Å². The zero-order valence-corrected chi connectivity index (χ0v) is 14.4. The van der Waals surface area contributed by atoms with E-state index in [-0.39, 0.29) is 5.91 Å². The monoisotopic (exact) mass is 334 g/mol. The molecule has 1 heterocycles. The number of benzene rings is 2. The van der Waals surface area contributed by atoms with Crippen molar-refractivity contribution >= 4 is 17.3 Å². The summed E-state index contributed by atoms with van der Waals surface area (Å²) in [5.41, 5.74) is 3.78. The maximum Gasteiger partial charge on any atom is 0.238 e. The molecule has 0 saturated carbocycles. The first-order valence-corrected chi connectivity index (χ1v) is 8.48. The summed E-state index contributed by atoms with van der Waals surface area (Å²) >= 11 is 0. The van der Waals surface area contributed by atoms with Crippen molar-refractivity contribution in [1.82, 2.24) is 4.90 Å². The second-order valence-electron chi connectivity index (χ2n) is 6.29. The van der Waals surface area contributed by atoms with Gasteiger partial charge in [-0.1, -0.05) is 24.3 Å². The Bertz CT molecular complexity index is 788. The minimum absolute atomic E-state index is 0.0422. The van der Waals surface area contributed by atoms with Crippen LogP contribution in [0.1, 0.15) is 11.1 Å². The van der Waals surface area contributed by atoms with Crippen molar-refractivity contribution in [2.75, 3.05) is 42.9 Å². The third-order valence-electron chi connectivity index (χ3n) is 4.47. The van der Waals surface area contributed by atoms with Crippen LogP contribution in [0.4, 0.5) is 11.4 Å². The molecule has 2 aromatic rings. The molecule has 25 heavy (non-hydrogen) atoms. The van der Waals surface area contributed by atoms with Gasteiger partial charge in [0.15, 0.2) is 0 Å². The van der Waals surface area contributed by atoms with Crippen LogP contribution in [0.15, 0.2) is 48.5 Å². The number of nitriles is 1. The minimum atomic E-state index is -0.0422. The number of carbonyl (C=O) groups is 1. The van der Waals surface area contributed by atoms with E-state index in [0.717, 1.165) is 26.2 Å². The highest BCUT2D eigenvalue weighted by Crippen LogP contribution is 2.20. The fourth-order valence-electron chi connectivity index (χ4n) is 3.14. The SMILES string of the molecule is Cc1ccccc1N1CCN(CC(=O)Nc2cccc(C#N)c2)CC1. The van der Waals surface area contributed by atoms with E-state index in [0.29, 0.717) is 17.8 Å². The maximum atomic E-state index is 12.2. The van der Waals surface area contributed by atoms with Gasteiger partial charge in [-0.3, -0.25) is 9.69 Å². The van der Waals surface area contributed by atoms with Crippen LogP contribution in [-0.2, 0) is 4.79 Å². The standard InChI is InChI=1S/C20H22N4O/c1-16-5-2-3-8-19(16)24-11-9-23(10-12-24)15-20(25)22-18-7-4-6-17(13-18)14-21/h2-8,13H,9-12,15H2,1H3,(H,22,25). The lowest BCUT2D eigenvalue weighted by Gasteiger charge is -2.36. The summed E-state index contributed by atoms with van der Waals surface area (Å²) < 4.78 is 0. The van der Waals surface area contributed by atoms with Gasteiger partial charge in [-0.25, -0.2) is 0 Å². The zero-order chi connectivity index (χ0) is 17.6. The van der Waals surface area contributed by atoms with Crippen LogP contribution in [0.2, 0.25) is 0 Å². The summed E-state index contributed by atoms with van der Waals surface area (Å²) in [4.78, 5) is 16.8. The van der Waals surface area contributed by atoms with E-state index >= 15 is 0 Å². The summed E-state index contributed by atoms with van der Waals surface area (Å²) in [6, 6.07) is 17.5. The molecule has 128 valence electrons. The van der Waals surface area contributed by atoms with Gasteiger partial charge in [0.25, 0.3) is 0 Å². The molecule has 2 aromatic carbocycles. The quantitative estimate of drug-likeness (QED) is 0.934. The van der Waals surface area contributed by atoms with Crippen LogP contribution in [0.5, 0.6) is 0 Å². The molecule has 1 aliphatic heterocycles. The number of para-hydroxylation sites is 1. The largest absolute Gasteiger partial charge is 0.369 e.